The van der Waals surface area contributed by atoms with E-state index in [-0.39, 0.29) is 5.82 Å². The Hall–Kier alpha value is -2.65. The summed E-state index contributed by atoms with van der Waals surface area (Å²) in [5.74, 6) is 0.575. The lowest BCUT2D eigenvalue weighted by Gasteiger charge is -2.38. The minimum Gasteiger partial charge on any atom is -0.489 e. The predicted octanol–water partition coefficient (Wildman–Crippen LogP) is 5.85. The molecule has 0 N–H and O–H groups in total. The molecule has 0 amide bonds. The Balaban J connectivity index is 1.59. The van der Waals surface area contributed by atoms with Gasteiger partial charge in [0.05, 0.1) is 0 Å². The van der Waals surface area contributed by atoms with E-state index in [0.29, 0.717) is 18.8 Å². The summed E-state index contributed by atoms with van der Waals surface area (Å²) in [5.41, 5.74) is 1.99. The minimum absolute atomic E-state index is 0.219. The maximum Gasteiger partial charge on any atom is 0.129 e. The topological polar surface area (TPSA) is 18.5 Å². The summed E-state index contributed by atoms with van der Waals surface area (Å²) in [4.78, 5) is 0. The lowest BCUT2D eigenvalue weighted by molar-refractivity contribution is -0.0554. The molecule has 1 unspecified atom stereocenters. The largest absolute Gasteiger partial charge is 0.489 e. The van der Waals surface area contributed by atoms with Crippen molar-refractivity contribution >= 4 is 0 Å². The van der Waals surface area contributed by atoms with E-state index in [0.717, 1.165) is 36.1 Å². The first-order valence-corrected chi connectivity index (χ1v) is 9.44. The molecular formula is C24H23FO2. The van der Waals surface area contributed by atoms with Crippen LogP contribution in [0.3, 0.4) is 0 Å². The van der Waals surface area contributed by atoms with Gasteiger partial charge in [-0.25, -0.2) is 4.39 Å². The molecule has 1 aliphatic rings. The molecule has 27 heavy (non-hydrogen) atoms. The van der Waals surface area contributed by atoms with Crippen molar-refractivity contribution in [2.24, 2.45) is 0 Å². The van der Waals surface area contributed by atoms with Crippen LogP contribution in [0.25, 0.3) is 0 Å². The van der Waals surface area contributed by atoms with Crippen LogP contribution in [0.5, 0.6) is 5.75 Å². The van der Waals surface area contributed by atoms with Crippen LogP contribution in [0, 0.1) is 5.82 Å². The molecule has 2 nitrogen and oxygen atoms in total. The molecule has 1 atom stereocenters. The third kappa shape index (κ3) is 3.74. The van der Waals surface area contributed by atoms with Crippen molar-refractivity contribution in [2.75, 3.05) is 6.61 Å². The normalized spacial score (nSPS) is 19.6. The molecule has 3 aromatic carbocycles. The van der Waals surface area contributed by atoms with Crippen LogP contribution >= 0.6 is 0 Å². The van der Waals surface area contributed by atoms with Gasteiger partial charge in [-0.1, -0.05) is 60.7 Å². The predicted molar refractivity (Wildman–Crippen MR) is 104 cm³/mol. The van der Waals surface area contributed by atoms with Crippen molar-refractivity contribution in [3.8, 4) is 5.75 Å². The molecule has 0 saturated carbocycles. The fraction of sp³-hybridized carbons (Fsp3) is 0.250. The number of rotatable bonds is 5. The van der Waals surface area contributed by atoms with Crippen molar-refractivity contribution in [1.29, 1.82) is 0 Å². The fourth-order valence-electron chi connectivity index (χ4n) is 3.74. The average molecular weight is 362 g/mol. The smallest absolute Gasteiger partial charge is 0.129 e. The van der Waals surface area contributed by atoms with E-state index in [4.69, 9.17) is 9.47 Å². The monoisotopic (exact) mass is 362 g/mol. The van der Waals surface area contributed by atoms with E-state index in [1.54, 1.807) is 6.07 Å². The van der Waals surface area contributed by atoms with Crippen molar-refractivity contribution in [1.82, 2.24) is 0 Å². The first-order valence-electron chi connectivity index (χ1n) is 9.44. The van der Waals surface area contributed by atoms with Crippen LogP contribution < -0.4 is 4.74 Å². The lowest BCUT2D eigenvalue weighted by atomic mass is 9.80. The Morgan fingerprint density at radius 2 is 1.59 bits per heavy atom. The second kappa shape index (κ2) is 7.93. The van der Waals surface area contributed by atoms with E-state index < -0.39 is 5.60 Å². The quantitative estimate of drug-likeness (QED) is 0.567. The van der Waals surface area contributed by atoms with E-state index in [2.05, 4.69) is 0 Å². The van der Waals surface area contributed by atoms with Crippen LogP contribution in [0.4, 0.5) is 4.39 Å². The van der Waals surface area contributed by atoms with Crippen LogP contribution in [0.15, 0.2) is 78.9 Å². The minimum atomic E-state index is -0.721. The number of hydrogen-bond acceptors (Lipinski definition) is 2. The standard InChI is InChI=1S/C24H23FO2/c25-23-11-5-4-10-22(23)24(16-6-7-17-27-24)20-12-14-21(15-13-20)26-18-19-8-2-1-3-9-19/h1-5,8-15H,6-7,16-18H2. The third-order valence-corrected chi connectivity index (χ3v) is 5.15. The van der Waals surface area contributed by atoms with Crippen LogP contribution in [-0.4, -0.2) is 6.61 Å². The summed E-state index contributed by atoms with van der Waals surface area (Å²) < 4.78 is 26.7. The molecule has 0 radical (unpaired) electrons. The second-order valence-electron chi connectivity index (χ2n) is 6.91. The van der Waals surface area contributed by atoms with Crippen LogP contribution in [0.2, 0.25) is 0 Å². The summed E-state index contributed by atoms with van der Waals surface area (Å²) in [7, 11) is 0. The van der Waals surface area contributed by atoms with Crippen molar-refractivity contribution < 1.29 is 13.9 Å². The molecule has 1 saturated heterocycles. The highest BCUT2D eigenvalue weighted by molar-refractivity contribution is 5.40. The van der Waals surface area contributed by atoms with Crippen molar-refractivity contribution in [3.05, 3.63) is 101 Å². The van der Waals surface area contributed by atoms with Gasteiger partial charge in [0.1, 0.15) is 23.8 Å². The highest BCUT2D eigenvalue weighted by atomic mass is 19.1. The highest BCUT2D eigenvalue weighted by Crippen LogP contribution is 2.42. The first kappa shape index (κ1) is 17.7. The maximum absolute atomic E-state index is 14.6. The molecule has 3 aromatic rings. The number of benzene rings is 3. The molecule has 4 rings (SSSR count). The van der Waals surface area contributed by atoms with Gasteiger partial charge in [-0.15, -0.1) is 0 Å². The van der Waals surface area contributed by atoms with Gasteiger partial charge >= 0.3 is 0 Å². The number of halogens is 1. The Morgan fingerprint density at radius 3 is 2.30 bits per heavy atom. The zero-order valence-corrected chi connectivity index (χ0v) is 15.2. The summed E-state index contributed by atoms with van der Waals surface area (Å²) in [6, 6.07) is 24.9. The molecule has 0 spiro atoms. The Bertz CT molecular complexity index is 868. The van der Waals surface area contributed by atoms with Crippen molar-refractivity contribution in [3.63, 3.8) is 0 Å². The third-order valence-electron chi connectivity index (χ3n) is 5.15. The van der Waals surface area contributed by atoms with E-state index >= 15 is 0 Å². The van der Waals surface area contributed by atoms with Gasteiger partial charge in [-0.05, 0) is 48.6 Å². The zero-order chi connectivity index (χ0) is 18.5. The SMILES string of the molecule is Fc1ccccc1C1(c2ccc(OCc3ccccc3)cc2)CCCCO1. The first-order chi connectivity index (χ1) is 13.3. The molecular weight excluding hydrogens is 339 g/mol. The molecule has 0 aromatic heterocycles. The fourth-order valence-corrected chi connectivity index (χ4v) is 3.74. The van der Waals surface area contributed by atoms with Crippen LogP contribution in [-0.2, 0) is 16.9 Å². The number of hydrogen-bond donors (Lipinski definition) is 0. The maximum atomic E-state index is 14.6. The van der Waals surface area contributed by atoms with Gasteiger partial charge in [0, 0.05) is 12.2 Å². The molecule has 1 aliphatic heterocycles. The molecule has 138 valence electrons. The van der Waals surface area contributed by atoms with Gasteiger partial charge in [0.2, 0.25) is 0 Å². The highest BCUT2D eigenvalue weighted by Gasteiger charge is 2.39. The molecule has 0 aliphatic carbocycles. The Labute approximate surface area is 159 Å². The molecule has 1 fully saturated rings. The Morgan fingerprint density at radius 1 is 0.852 bits per heavy atom. The molecule has 0 bridgehead atoms. The average Bonchev–Trinajstić information content (AvgIpc) is 2.74. The van der Waals surface area contributed by atoms with Gasteiger partial charge in [-0.3, -0.25) is 0 Å². The summed E-state index contributed by atoms with van der Waals surface area (Å²) in [5, 5.41) is 0. The second-order valence-corrected chi connectivity index (χ2v) is 6.91. The van der Waals surface area contributed by atoms with Gasteiger partial charge in [0.25, 0.3) is 0 Å². The molecule has 1 heterocycles. The number of ether oxygens (including phenoxy) is 2. The summed E-state index contributed by atoms with van der Waals surface area (Å²) in [6.07, 6.45) is 2.80. The van der Waals surface area contributed by atoms with Crippen LogP contribution in [0.1, 0.15) is 36.0 Å². The van der Waals surface area contributed by atoms with Gasteiger partial charge in [0.15, 0.2) is 0 Å². The van der Waals surface area contributed by atoms with Gasteiger partial charge in [-0.2, -0.15) is 0 Å². The Kier molecular flexibility index (Phi) is 5.21. The summed E-state index contributed by atoms with van der Waals surface area (Å²) in [6.45, 7) is 1.16. The van der Waals surface area contributed by atoms with Crippen molar-refractivity contribution in [2.45, 2.75) is 31.5 Å². The summed E-state index contributed by atoms with van der Waals surface area (Å²) >= 11 is 0. The zero-order valence-electron chi connectivity index (χ0n) is 15.2. The van der Waals surface area contributed by atoms with Gasteiger partial charge < -0.3 is 9.47 Å². The van der Waals surface area contributed by atoms with E-state index in [9.17, 15) is 4.39 Å². The van der Waals surface area contributed by atoms with E-state index in [1.807, 2.05) is 66.7 Å². The molecule has 3 heteroatoms. The lowest BCUT2D eigenvalue weighted by Crippen LogP contribution is -2.35. The van der Waals surface area contributed by atoms with E-state index in [1.165, 1.54) is 6.07 Å².